The molecule has 1 saturated carbocycles. The number of amides is 2. The second-order valence-corrected chi connectivity index (χ2v) is 7.36. The molecule has 0 aliphatic heterocycles. The monoisotopic (exact) mass is 364 g/mol. The average Bonchev–Trinajstić information content (AvgIpc) is 2.73. The van der Waals surface area contributed by atoms with Gasteiger partial charge in [-0.15, -0.1) is 0 Å². The third kappa shape index (κ3) is 5.43. The average molecular weight is 364 g/mol. The summed E-state index contributed by atoms with van der Waals surface area (Å²) in [6.45, 7) is 2.49. The van der Waals surface area contributed by atoms with Crippen molar-refractivity contribution in [2.24, 2.45) is 5.92 Å². The fraction of sp³-hybridized carbons (Fsp3) is 0.391. The predicted molar refractivity (Wildman–Crippen MR) is 107 cm³/mol. The number of carbonyl (C=O) groups is 2. The van der Waals surface area contributed by atoms with Crippen molar-refractivity contribution in [2.45, 2.75) is 51.6 Å². The van der Waals surface area contributed by atoms with Crippen LogP contribution in [0, 0.1) is 5.92 Å². The summed E-state index contributed by atoms with van der Waals surface area (Å²) < 4.78 is 0. The number of hydrogen-bond acceptors (Lipinski definition) is 2. The van der Waals surface area contributed by atoms with E-state index in [-0.39, 0.29) is 23.8 Å². The Morgan fingerprint density at radius 2 is 1.63 bits per heavy atom. The summed E-state index contributed by atoms with van der Waals surface area (Å²) in [7, 11) is 0. The fourth-order valence-corrected chi connectivity index (χ4v) is 3.58. The maximum Gasteiger partial charge on any atom is 0.251 e. The summed E-state index contributed by atoms with van der Waals surface area (Å²) >= 11 is 0. The SMILES string of the molecule is CC(NC(=O)c1ccc(CNC(=O)C2CCCCC2)cc1)c1ccccc1. The molecule has 2 aromatic rings. The summed E-state index contributed by atoms with van der Waals surface area (Å²) in [5.74, 6) is 0.237. The zero-order valence-corrected chi connectivity index (χ0v) is 15.9. The maximum atomic E-state index is 12.4. The van der Waals surface area contributed by atoms with Gasteiger partial charge in [0.2, 0.25) is 5.91 Å². The van der Waals surface area contributed by atoms with Crippen molar-refractivity contribution in [3.63, 3.8) is 0 Å². The third-order valence-electron chi connectivity index (χ3n) is 5.31. The highest BCUT2D eigenvalue weighted by molar-refractivity contribution is 5.94. The van der Waals surface area contributed by atoms with Gasteiger partial charge in [0.25, 0.3) is 5.91 Å². The quantitative estimate of drug-likeness (QED) is 0.799. The van der Waals surface area contributed by atoms with E-state index in [1.807, 2.05) is 61.5 Å². The summed E-state index contributed by atoms with van der Waals surface area (Å²) in [4.78, 5) is 24.7. The first kappa shape index (κ1) is 19.2. The summed E-state index contributed by atoms with van der Waals surface area (Å²) in [6, 6.07) is 17.3. The van der Waals surface area contributed by atoms with Crippen molar-refractivity contribution in [3.8, 4) is 0 Å². The van der Waals surface area contributed by atoms with Crippen LogP contribution in [0.4, 0.5) is 0 Å². The van der Waals surface area contributed by atoms with E-state index in [9.17, 15) is 9.59 Å². The van der Waals surface area contributed by atoms with E-state index in [2.05, 4.69) is 10.6 Å². The van der Waals surface area contributed by atoms with Gasteiger partial charge in [-0.1, -0.05) is 61.7 Å². The molecule has 1 atom stereocenters. The minimum absolute atomic E-state index is 0.0480. The molecule has 1 unspecified atom stereocenters. The minimum Gasteiger partial charge on any atom is -0.352 e. The molecule has 0 spiro atoms. The van der Waals surface area contributed by atoms with Crippen LogP contribution in [0.3, 0.4) is 0 Å². The van der Waals surface area contributed by atoms with Crippen LogP contribution in [0.15, 0.2) is 54.6 Å². The molecule has 1 fully saturated rings. The van der Waals surface area contributed by atoms with E-state index in [1.165, 1.54) is 6.42 Å². The molecule has 4 heteroatoms. The Labute approximate surface area is 161 Å². The van der Waals surface area contributed by atoms with Gasteiger partial charge >= 0.3 is 0 Å². The van der Waals surface area contributed by atoms with Crippen LogP contribution in [-0.2, 0) is 11.3 Å². The summed E-state index contributed by atoms with van der Waals surface area (Å²) in [5.41, 5.74) is 2.71. The van der Waals surface area contributed by atoms with E-state index in [4.69, 9.17) is 0 Å². The van der Waals surface area contributed by atoms with E-state index < -0.39 is 0 Å². The number of benzene rings is 2. The lowest BCUT2D eigenvalue weighted by Crippen LogP contribution is -2.31. The number of rotatable bonds is 6. The van der Waals surface area contributed by atoms with Crippen LogP contribution in [0.1, 0.15) is 66.6 Å². The molecule has 1 aliphatic rings. The van der Waals surface area contributed by atoms with Gasteiger partial charge in [-0.25, -0.2) is 0 Å². The highest BCUT2D eigenvalue weighted by atomic mass is 16.2. The molecule has 3 rings (SSSR count). The van der Waals surface area contributed by atoms with Crippen molar-refractivity contribution in [3.05, 3.63) is 71.3 Å². The molecule has 2 N–H and O–H groups in total. The van der Waals surface area contributed by atoms with Crippen LogP contribution in [0.2, 0.25) is 0 Å². The van der Waals surface area contributed by atoms with Crippen LogP contribution in [0.25, 0.3) is 0 Å². The van der Waals surface area contributed by atoms with Gasteiger partial charge in [0.1, 0.15) is 0 Å². The van der Waals surface area contributed by atoms with Crippen LogP contribution < -0.4 is 10.6 Å². The highest BCUT2D eigenvalue weighted by Gasteiger charge is 2.20. The van der Waals surface area contributed by atoms with E-state index in [1.54, 1.807) is 0 Å². The molecule has 0 aromatic heterocycles. The topological polar surface area (TPSA) is 58.2 Å². The maximum absolute atomic E-state index is 12.4. The molecular formula is C23H28N2O2. The molecule has 4 nitrogen and oxygen atoms in total. The second kappa shape index (κ2) is 9.36. The molecule has 1 aliphatic carbocycles. The van der Waals surface area contributed by atoms with Gasteiger partial charge < -0.3 is 10.6 Å². The van der Waals surface area contributed by atoms with E-state index in [0.29, 0.717) is 12.1 Å². The first-order chi connectivity index (χ1) is 13.1. The van der Waals surface area contributed by atoms with Crippen LogP contribution >= 0.6 is 0 Å². The predicted octanol–water partition coefficient (Wildman–Crippen LogP) is 4.37. The molecule has 0 heterocycles. The Hall–Kier alpha value is -2.62. The van der Waals surface area contributed by atoms with Crippen molar-refractivity contribution >= 4 is 11.8 Å². The fourth-order valence-electron chi connectivity index (χ4n) is 3.58. The zero-order chi connectivity index (χ0) is 19.1. The number of nitrogens with one attached hydrogen (secondary N) is 2. The highest BCUT2D eigenvalue weighted by Crippen LogP contribution is 2.23. The Morgan fingerprint density at radius 3 is 2.30 bits per heavy atom. The van der Waals surface area contributed by atoms with Gasteiger partial charge in [-0.2, -0.15) is 0 Å². The molecule has 0 saturated heterocycles. The van der Waals surface area contributed by atoms with Gasteiger partial charge in [0.05, 0.1) is 6.04 Å². The lowest BCUT2D eigenvalue weighted by atomic mass is 9.88. The smallest absolute Gasteiger partial charge is 0.251 e. The Kier molecular flexibility index (Phi) is 6.64. The molecule has 142 valence electrons. The lowest BCUT2D eigenvalue weighted by molar-refractivity contribution is -0.126. The Morgan fingerprint density at radius 1 is 0.963 bits per heavy atom. The zero-order valence-electron chi connectivity index (χ0n) is 15.9. The second-order valence-electron chi connectivity index (χ2n) is 7.36. The Balaban J connectivity index is 1.50. The number of hydrogen-bond donors (Lipinski definition) is 2. The van der Waals surface area contributed by atoms with Gasteiger partial charge in [0, 0.05) is 18.0 Å². The normalized spacial score (nSPS) is 15.7. The lowest BCUT2D eigenvalue weighted by Gasteiger charge is -2.20. The first-order valence-corrected chi connectivity index (χ1v) is 9.86. The largest absolute Gasteiger partial charge is 0.352 e. The van der Waals surface area contributed by atoms with E-state index >= 15 is 0 Å². The molecular weight excluding hydrogens is 336 g/mol. The van der Waals surface area contributed by atoms with Gasteiger partial charge in [-0.05, 0) is 43.0 Å². The third-order valence-corrected chi connectivity index (χ3v) is 5.31. The van der Waals surface area contributed by atoms with E-state index in [0.717, 1.165) is 36.8 Å². The summed E-state index contributed by atoms with van der Waals surface area (Å²) in [6.07, 6.45) is 5.57. The first-order valence-electron chi connectivity index (χ1n) is 9.86. The summed E-state index contributed by atoms with van der Waals surface area (Å²) in [5, 5.41) is 6.05. The van der Waals surface area contributed by atoms with Gasteiger partial charge in [-0.3, -0.25) is 9.59 Å². The van der Waals surface area contributed by atoms with Crippen LogP contribution in [0.5, 0.6) is 0 Å². The molecule has 2 amide bonds. The Bertz CT molecular complexity index is 750. The standard InChI is InChI=1S/C23H28N2O2/c1-17(19-8-4-2-5-9-19)25-23(27)21-14-12-18(13-15-21)16-24-22(26)20-10-6-3-7-11-20/h2,4-5,8-9,12-15,17,20H,3,6-7,10-11,16H2,1H3,(H,24,26)(H,25,27). The van der Waals surface area contributed by atoms with Crippen molar-refractivity contribution < 1.29 is 9.59 Å². The molecule has 0 radical (unpaired) electrons. The molecule has 27 heavy (non-hydrogen) atoms. The molecule has 0 bridgehead atoms. The number of carbonyl (C=O) groups excluding carboxylic acids is 2. The van der Waals surface area contributed by atoms with Crippen LogP contribution in [-0.4, -0.2) is 11.8 Å². The molecule has 2 aromatic carbocycles. The van der Waals surface area contributed by atoms with Crippen molar-refractivity contribution in [2.75, 3.05) is 0 Å². The minimum atomic E-state index is -0.0934. The van der Waals surface area contributed by atoms with Crippen molar-refractivity contribution in [1.29, 1.82) is 0 Å². The van der Waals surface area contributed by atoms with Gasteiger partial charge in [0.15, 0.2) is 0 Å². The van der Waals surface area contributed by atoms with Crippen molar-refractivity contribution in [1.82, 2.24) is 10.6 Å².